The highest BCUT2D eigenvalue weighted by molar-refractivity contribution is 7.89. The first-order valence-electron chi connectivity index (χ1n) is 8.64. The molecule has 9 nitrogen and oxygen atoms in total. The zero-order chi connectivity index (χ0) is 20.1. The second-order valence-corrected chi connectivity index (χ2v) is 8.14. The Balaban J connectivity index is 1.60. The van der Waals surface area contributed by atoms with Crippen LogP contribution in [0.3, 0.4) is 0 Å². The van der Waals surface area contributed by atoms with Crippen molar-refractivity contribution in [2.45, 2.75) is 17.7 Å². The van der Waals surface area contributed by atoms with Crippen LogP contribution in [0, 0.1) is 10.1 Å². The number of hydrogen-bond donors (Lipinski definition) is 1. The molecule has 0 radical (unpaired) electrons. The Morgan fingerprint density at radius 1 is 1.11 bits per heavy atom. The van der Waals surface area contributed by atoms with Crippen LogP contribution in [0.25, 0.3) is 0 Å². The van der Waals surface area contributed by atoms with Crippen LogP contribution in [0.1, 0.15) is 12.8 Å². The minimum atomic E-state index is -3.51. The van der Waals surface area contributed by atoms with Gasteiger partial charge in [0.2, 0.25) is 10.0 Å². The summed E-state index contributed by atoms with van der Waals surface area (Å²) in [5, 5.41) is 13.5. The Hall–Kier alpha value is -2.98. The number of rotatable bonds is 7. The Morgan fingerprint density at radius 3 is 2.39 bits per heavy atom. The van der Waals surface area contributed by atoms with Gasteiger partial charge in [0.05, 0.1) is 9.82 Å². The van der Waals surface area contributed by atoms with Crippen LogP contribution in [0.2, 0.25) is 0 Å². The predicted molar refractivity (Wildman–Crippen MR) is 102 cm³/mol. The summed E-state index contributed by atoms with van der Waals surface area (Å²) >= 11 is 0. The van der Waals surface area contributed by atoms with Crippen molar-refractivity contribution in [3.8, 4) is 5.75 Å². The molecule has 1 heterocycles. The summed E-state index contributed by atoms with van der Waals surface area (Å²) in [6.45, 7) is 0.617. The van der Waals surface area contributed by atoms with Gasteiger partial charge in [-0.15, -0.1) is 0 Å². The Morgan fingerprint density at radius 2 is 1.75 bits per heavy atom. The molecule has 1 aliphatic heterocycles. The molecular weight excluding hydrogens is 386 g/mol. The van der Waals surface area contributed by atoms with E-state index in [-0.39, 0.29) is 16.3 Å². The molecule has 1 fully saturated rings. The van der Waals surface area contributed by atoms with Gasteiger partial charge in [0.1, 0.15) is 0 Å². The average molecular weight is 405 g/mol. The van der Waals surface area contributed by atoms with E-state index in [1.165, 1.54) is 46.8 Å². The van der Waals surface area contributed by atoms with E-state index in [1.54, 1.807) is 6.07 Å². The molecule has 0 unspecified atom stereocenters. The van der Waals surface area contributed by atoms with Crippen LogP contribution in [0.5, 0.6) is 5.75 Å². The molecule has 0 aromatic heterocycles. The van der Waals surface area contributed by atoms with E-state index in [4.69, 9.17) is 4.74 Å². The van der Waals surface area contributed by atoms with E-state index < -0.39 is 27.5 Å². The number of anilines is 1. The maximum Gasteiger partial charge on any atom is 0.310 e. The number of nitro benzene ring substituents is 1. The second kappa shape index (κ2) is 8.36. The molecule has 1 N–H and O–H groups in total. The van der Waals surface area contributed by atoms with Gasteiger partial charge in [0.25, 0.3) is 5.91 Å². The van der Waals surface area contributed by atoms with Crippen molar-refractivity contribution in [1.82, 2.24) is 4.31 Å². The summed E-state index contributed by atoms with van der Waals surface area (Å²) in [5.41, 5.74) is 0.170. The Kier molecular flexibility index (Phi) is 5.90. The number of carbonyl (C=O) groups is 1. The lowest BCUT2D eigenvalue weighted by Gasteiger charge is -2.15. The SMILES string of the molecule is O=C(COc1ccccc1[N+](=O)[O-])Nc1ccc(S(=O)(=O)N2CCCC2)cc1. The minimum Gasteiger partial charge on any atom is -0.477 e. The molecule has 1 saturated heterocycles. The number of sulfonamides is 1. The summed E-state index contributed by atoms with van der Waals surface area (Å²) in [6.07, 6.45) is 1.71. The third-order valence-electron chi connectivity index (χ3n) is 4.26. The van der Waals surface area contributed by atoms with Crippen molar-refractivity contribution in [2.75, 3.05) is 25.0 Å². The smallest absolute Gasteiger partial charge is 0.310 e. The predicted octanol–water partition coefficient (Wildman–Crippen LogP) is 2.40. The molecule has 0 atom stereocenters. The molecule has 10 heteroatoms. The topological polar surface area (TPSA) is 119 Å². The largest absolute Gasteiger partial charge is 0.477 e. The lowest BCUT2D eigenvalue weighted by Crippen LogP contribution is -2.27. The van der Waals surface area contributed by atoms with Crippen molar-refractivity contribution < 1.29 is 22.9 Å². The fourth-order valence-electron chi connectivity index (χ4n) is 2.86. The summed E-state index contributed by atoms with van der Waals surface area (Å²) in [6, 6.07) is 11.6. The minimum absolute atomic E-state index is 0.00490. The van der Waals surface area contributed by atoms with Gasteiger partial charge in [-0.05, 0) is 43.2 Å². The van der Waals surface area contributed by atoms with Crippen LogP contribution in [-0.4, -0.2) is 43.2 Å². The quantitative estimate of drug-likeness (QED) is 0.558. The molecule has 0 saturated carbocycles. The number of nitrogens with one attached hydrogen (secondary N) is 1. The maximum absolute atomic E-state index is 12.5. The van der Waals surface area contributed by atoms with Gasteiger partial charge in [-0.3, -0.25) is 14.9 Å². The van der Waals surface area contributed by atoms with E-state index in [1.807, 2.05) is 0 Å². The number of nitrogens with zero attached hydrogens (tertiary/aromatic N) is 2. The number of nitro groups is 1. The molecule has 148 valence electrons. The third-order valence-corrected chi connectivity index (χ3v) is 6.17. The highest BCUT2D eigenvalue weighted by atomic mass is 32.2. The molecule has 0 aliphatic carbocycles. The highest BCUT2D eigenvalue weighted by Crippen LogP contribution is 2.26. The lowest BCUT2D eigenvalue weighted by atomic mass is 10.3. The van der Waals surface area contributed by atoms with Gasteiger partial charge in [-0.2, -0.15) is 4.31 Å². The molecule has 0 spiro atoms. The molecule has 1 amide bonds. The molecule has 28 heavy (non-hydrogen) atoms. The van der Waals surface area contributed by atoms with Crippen molar-refractivity contribution in [3.05, 3.63) is 58.6 Å². The van der Waals surface area contributed by atoms with E-state index >= 15 is 0 Å². The van der Waals surface area contributed by atoms with Gasteiger partial charge in [-0.1, -0.05) is 12.1 Å². The second-order valence-electron chi connectivity index (χ2n) is 6.20. The molecule has 2 aromatic rings. The van der Waals surface area contributed by atoms with Gasteiger partial charge in [-0.25, -0.2) is 8.42 Å². The first kappa shape index (κ1) is 19.8. The van der Waals surface area contributed by atoms with Crippen LogP contribution in [0.15, 0.2) is 53.4 Å². The number of benzene rings is 2. The fourth-order valence-corrected chi connectivity index (χ4v) is 4.38. The summed E-state index contributed by atoms with van der Waals surface area (Å²) in [5.74, 6) is -0.525. The number of amides is 1. The third kappa shape index (κ3) is 4.46. The van der Waals surface area contributed by atoms with Crippen LogP contribution < -0.4 is 10.1 Å². The zero-order valence-electron chi connectivity index (χ0n) is 14.9. The van der Waals surface area contributed by atoms with Gasteiger partial charge in [0, 0.05) is 24.8 Å². The molecular formula is C18H19N3O6S. The van der Waals surface area contributed by atoms with E-state index in [2.05, 4.69) is 5.32 Å². The van der Waals surface area contributed by atoms with E-state index in [0.29, 0.717) is 18.8 Å². The standard InChI is InChI=1S/C18H19N3O6S/c22-18(13-27-17-6-2-1-5-16(17)21(23)24)19-14-7-9-15(10-8-14)28(25,26)20-11-3-4-12-20/h1-2,5-10H,3-4,11-13H2,(H,19,22). The normalized spacial score (nSPS) is 14.6. The van der Waals surface area contributed by atoms with Gasteiger partial charge in [0.15, 0.2) is 12.4 Å². The number of para-hydroxylation sites is 2. The Bertz CT molecular complexity index is 969. The number of carbonyl (C=O) groups excluding carboxylic acids is 1. The van der Waals surface area contributed by atoms with Crippen molar-refractivity contribution >= 4 is 27.3 Å². The number of hydrogen-bond acceptors (Lipinski definition) is 6. The molecule has 0 bridgehead atoms. The monoisotopic (exact) mass is 405 g/mol. The highest BCUT2D eigenvalue weighted by Gasteiger charge is 2.27. The first-order chi connectivity index (χ1) is 13.4. The van der Waals surface area contributed by atoms with Gasteiger partial charge < -0.3 is 10.1 Å². The average Bonchev–Trinajstić information content (AvgIpc) is 3.23. The van der Waals surface area contributed by atoms with E-state index in [0.717, 1.165) is 12.8 Å². The van der Waals surface area contributed by atoms with Gasteiger partial charge >= 0.3 is 5.69 Å². The van der Waals surface area contributed by atoms with E-state index in [9.17, 15) is 23.3 Å². The van der Waals surface area contributed by atoms with Crippen molar-refractivity contribution in [1.29, 1.82) is 0 Å². The number of ether oxygens (including phenoxy) is 1. The lowest BCUT2D eigenvalue weighted by molar-refractivity contribution is -0.385. The first-order valence-corrected chi connectivity index (χ1v) is 10.1. The Labute approximate surface area is 162 Å². The fraction of sp³-hybridized carbons (Fsp3) is 0.278. The maximum atomic E-state index is 12.5. The van der Waals surface area contributed by atoms with Crippen molar-refractivity contribution in [3.63, 3.8) is 0 Å². The van der Waals surface area contributed by atoms with Crippen LogP contribution in [0.4, 0.5) is 11.4 Å². The molecule has 2 aromatic carbocycles. The van der Waals surface area contributed by atoms with Crippen LogP contribution in [-0.2, 0) is 14.8 Å². The van der Waals surface area contributed by atoms with Crippen LogP contribution >= 0.6 is 0 Å². The summed E-state index contributed by atoms with van der Waals surface area (Å²) < 4.78 is 31.6. The molecule has 1 aliphatic rings. The summed E-state index contributed by atoms with van der Waals surface area (Å²) in [4.78, 5) is 22.5. The molecule has 3 rings (SSSR count). The van der Waals surface area contributed by atoms with Crippen molar-refractivity contribution in [2.24, 2.45) is 0 Å². The zero-order valence-corrected chi connectivity index (χ0v) is 15.7. The summed E-state index contributed by atoms with van der Waals surface area (Å²) in [7, 11) is -3.51.